The molecule has 4 heteroatoms. The predicted molar refractivity (Wildman–Crippen MR) is 84.3 cm³/mol. The molecule has 118 valence electrons. The lowest BCUT2D eigenvalue weighted by Gasteiger charge is -2.36. The molecule has 1 heterocycles. The first-order valence-corrected chi connectivity index (χ1v) is 8.05. The van der Waals surface area contributed by atoms with Crippen molar-refractivity contribution in [2.75, 3.05) is 33.3 Å². The van der Waals surface area contributed by atoms with E-state index < -0.39 is 0 Å². The van der Waals surface area contributed by atoms with Crippen LogP contribution in [-0.4, -0.2) is 38.2 Å². The quantitative estimate of drug-likeness (QED) is 0.780. The van der Waals surface area contributed by atoms with Crippen LogP contribution in [0.2, 0.25) is 0 Å². The minimum atomic E-state index is -0.144. The van der Waals surface area contributed by atoms with Crippen molar-refractivity contribution < 1.29 is 9.13 Å². The van der Waals surface area contributed by atoms with E-state index in [0.29, 0.717) is 5.75 Å². The van der Waals surface area contributed by atoms with Gasteiger partial charge in [0.2, 0.25) is 0 Å². The van der Waals surface area contributed by atoms with Gasteiger partial charge in [-0.05, 0) is 18.6 Å². The van der Waals surface area contributed by atoms with Gasteiger partial charge in [-0.15, -0.1) is 0 Å². The van der Waals surface area contributed by atoms with E-state index in [9.17, 15) is 4.39 Å². The van der Waals surface area contributed by atoms with Gasteiger partial charge >= 0.3 is 0 Å². The Hall–Kier alpha value is -1.13. The van der Waals surface area contributed by atoms with E-state index >= 15 is 0 Å². The molecule has 1 N–H and O–H groups in total. The molecule has 1 aliphatic heterocycles. The van der Waals surface area contributed by atoms with Crippen molar-refractivity contribution in [3.05, 3.63) is 29.6 Å². The molecule has 0 aliphatic carbocycles. The number of piperazine rings is 1. The van der Waals surface area contributed by atoms with Crippen LogP contribution in [0, 0.1) is 5.82 Å². The third-order valence-corrected chi connectivity index (χ3v) is 4.24. The van der Waals surface area contributed by atoms with Gasteiger partial charge in [-0.25, -0.2) is 4.39 Å². The molecule has 0 spiro atoms. The number of nitrogens with one attached hydrogen (secondary N) is 1. The van der Waals surface area contributed by atoms with Gasteiger partial charge in [0, 0.05) is 37.8 Å². The number of benzene rings is 1. The van der Waals surface area contributed by atoms with Crippen LogP contribution in [-0.2, 0) is 0 Å². The van der Waals surface area contributed by atoms with Crippen molar-refractivity contribution in [3.63, 3.8) is 0 Å². The number of ether oxygens (including phenoxy) is 1. The summed E-state index contributed by atoms with van der Waals surface area (Å²) in [6, 6.07) is 5.26. The minimum Gasteiger partial charge on any atom is -0.496 e. The summed E-state index contributed by atoms with van der Waals surface area (Å²) in [5, 5.41) is 3.36. The zero-order valence-corrected chi connectivity index (χ0v) is 13.2. The zero-order chi connectivity index (χ0) is 15.1. The van der Waals surface area contributed by atoms with Gasteiger partial charge in [-0.1, -0.05) is 32.3 Å². The summed E-state index contributed by atoms with van der Waals surface area (Å²) in [7, 11) is 1.62. The predicted octanol–water partition coefficient (Wildman–Crippen LogP) is 3.36. The average molecular weight is 294 g/mol. The van der Waals surface area contributed by atoms with Crippen LogP contribution in [0.1, 0.15) is 44.2 Å². The van der Waals surface area contributed by atoms with E-state index in [1.807, 2.05) is 6.07 Å². The molecule has 1 aromatic carbocycles. The zero-order valence-electron chi connectivity index (χ0n) is 13.2. The largest absolute Gasteiger partial charge is 0.496 e. The summed E-state index contributed by atoms with van der Waals surface area (Å²) < 4.78 is 19.9. The van der Waals surface area contributed by atoms with Gasteiger partial charge in [0.1, 0.15) is 11.6 Å². The highest BCUT2D eigenvalue weighted by molar-refractivity contribution is 5.37. The Bertz CT molecular complexity index is 433. The fourth-order valence-corrected chi connectivity index (χ4v) is 3.11. The second-order valence-electron chi connectivity index (χ2n) is 5.65. The Labute approximate surface area is 127 Å². The summed E-state index contributed by atoms with van der Waals surface area (Å²) in [6.07, 6.45) is 4.50. The van der Waals surface area contributed by atoms with Gasteiger partial charge in [-0.3, -0.25) is 4.90 Å². The van der Waals surface area contributed by atoms with Crippen molar-refractivity contribution in [3.8, 4) is 5.75 Å². The minimum absolute atomic E-state index is 0.120. The smallest absolute Gasteiger partial charge is 0.131 e. The molecule has 1 fully saturated rings. The Morgan fingerprint density at radius 2 is 2.05 bits per heavy atom. The lowest BCUT2D eigenvalue weighted by atomic mass is 9.96. The molecule has 0 unspecified atom stereocenters. The standard InChI is InChI=1S/C17H27FN2O/c1-3-4-5-8-15(20-12-10-19-11-13-20)17-14(18)7-6-9-16(17)21-2/h6-7,9,15,19H,3-5,8,10-13H2,1-2H3/t15-/m1/s1. The molecule has 21 heavy (non-hydrogen) atoms. The monoisotopic (exact) mass is 294 g/mol. The number of nitrogens with zero attached hydrogens (tertiary/aromatic N) is 1. The number of rotatable bonds is 7. The fourth-order valence-electron chi connectivity index (χ4n) is 3.11. The van der Waals surface area contributed by atoms with Crippen LogP contribution in [0.3, 0.4) is 0 Å². The Kier molecular flexibility index (Phi) is 6.46. The summed E-state index contributed by atoms with van der Waals surface area (Å²) in [4.78, 5) is 2.40. The molecule has 0 radical (unpaired) electrons. The van der Waals surface area contributed by atoms with Crippen molar-refractivity contribution in [2.24, 2.45) is 0 Å². The third kappa shape index (κ3) is 4.17. The van der Waals surface area contributed by atoms with Gasteiger partial charge in [0.15, 0.2) is 0 Å². The average Bonchev–Trinajstić information content (AvgIpc) is 2.53. The topological polar surface area (TPSA) is 24.5 Å². The SMILES string of the molecule is CCCCC[C@H](c1c(F)cccc1OC)N1CCNCC1. The van der Waals surface area contributed by atoms with E-state index in [4.69, 9.17) is 4.74 Å². The number of methoxy groups -OCH3 is 1. The summed E-state index contributed by atoms with van der Waals surface area (Å²) >= 11 is 0. The summed E-state index contributed by atoms with van der Waals surface area (Å²) in [5.41, 5.74) is 0.734. The molecule has 2 rings (SSSR count). The van der Waals surface area contributed by atoms with Crippen molar-refractivity contribution in [2.45, 2.75) is 38.6 Å². The van der Waals surface area contributed by atoms with Crippen molar-refractivity contribution in [1.29, 1.82) is 0 Å². The molecule has 3 nitrogen and oxygen atoms in total. The van der Waals surface area contributed by atoms with E-state index in [0.717, 1.165) is 44.6 Å². The third-order valence-electron chi connectivity index (χ3n) is 4.24. The molecule has 1 atom stereocenters. The number of halogens is 1. The van der Waals surface area contributed by atoms with Crippen LogP contribution < -0.4 is 10.1 Å². The molecule has 0 saturated carbocycles. The normalized spacial score (nSPS) is 17.7. The van der Waals surface area contributed by atoms with Crippen molar-refractivity contribution in [1.82, 2.24) is 10.2 Å². The molecule has 0 amide bonds. The molecule has 1 aromatic rings. The highest BCUT2D eigenvalue weighted by Crippen LogP contribution is 2.35. The molecule has 0 bridgehead atoms. The summed E-state index contributed by atoms with van der Waals surface area (Å²) in [5.74, 6) is 0.532. The number of hydrogen-bond donors (Lipinski definition) is 1. The first kappa shape index (κ1) is 16.2. The first-order chi connectivity index (χ1) is 10.3. The van der Waals surface area contributed by atoms with E-state index in [1.165, 1.54) is 12.8 Å². The van der Waals surface area contributed by atoms with Gasteiger partial charge < -0.3 is 10.1 Å². The Morgan fingerprint density at radius 3 is 2.71 bits per heavy atom. The lowest BCUT2D eigenvalue weighted by Crippen LogP contribution is -2.45. The highest BCUT2D eigenvalue weighted by atomic mass is 19.1. The van der Waals surface area contributed by atoms with Crippen LogP contribution in [0.15, 0.2) is 18.2 Å². The molecule has 0 aromatic heterocycles. The first-order valence-electron chi connectivity index (χ1n) is 8.05. The van der Waals surface area contributed by atoms with E-state index in [1.54, 1.807) is 19.2 Å². The van der Waals surface area contributed by atoms with Gasteiger partial charge in [-0.2, -0.15) is 0 Å². The summed E-state index contributed by atoms with van der Waals surface area (Å²) in [6.45, 7) is 6.08. The van der Waals surface area contributed by atoms with Crippen molar-refractivity contribution >= 4 is 0 Å². The molecule has 1 aliphatic rings. The maximum absolute atomic E-state index is 14.4. The van der Waals surface area contributed by atoms with Gasteiger partial charge in [0.05, 0.1) is 7.11 Å². The maximum Gasteiger partial charge on any atom is 0.131 e. The maximum atomic E-state index is 14.4. The van der Waals surface area contributed by atoms with E-state index in [2.05, 4.69) is 17.1 Å². The second-order valence-corrected chi connectivity index (χ2v) is 5.65. The lowest BCUT2D eigenvalue weighted by molar-refractivity contribution is 0.156. The number of unbranched alkanes of at least 4 members (excludes halogenated alkanes) is 2. The van der Waals surface area contributed by atoms with Crippen LogP contribution in [0.4, 0.5) is 4.39 Å². The molecular formula is C17H27FN2O. The van der Waals surface area contributed by atoms with Crippen LogP contribution >= 0.6 is 0 Å². The highest BCUT2D eigenvalue weighted by Gasteiger charge is 2.27. The Morgan fingerprint density at radius 1 is 1.29 bits per heavy atom. The number of hydrogen-bond acceptors (Lipinski definition) is 3. The van der Waals surface area contributed by atoms with Crippen LogP contribution in [0.25, 0.3) is 0 Å². The second kappa shape index (κ2) is 8.35. The molecular weight excluding hydrogens is 267 g/mol. The van der Waals surface area contributed by atoms with E-state index in [-0.39, 0.29) is 11.9 Å². The Balaban J connectivity index is 2.24. The molecule has 1 saturated heterocycles. The van der Waals surface area contributed by atoms with Crippen LogP contribution in [0.5, 0.6) is 5.75 Å². The fraction of sp³-hybridized carbons (Fsp3) is 0.647. The van der Waals surface area contributed by atoms with Gasteiger partial charge in [0.25, 0.3) is 0 Å².